The summed E-state index contributed by atoms with van der Waals surface area (Å²) in [6.07, 6.45) is 3.79. The van der Waals surface area contributed by atoms with Crippen LogP contribution < -0.4 is 23.7 Å². The van der Waals surface area contributed by atoms with Gasteiger partial charge in [-0.25, -0.2) is 0 Å². The first kappa shape index (κ1) is 24.3. The van der Waals surface area contributed by atoms with Gasteiger partial charge in [0.05, 0.1) is 34.4 Å². The Labute approximate surface area is 204 Å². The van der Waals surface area contributed by atoms with Crippen molar-refractivity contribution in [2.45, 2.75) is 12.3 Å². The fourth-order valence-corrected chi connectivity index (χ4v) is 4.76. The van der Waals surface area contributed by atoms with Gasteiger partial charge in [-0.2, -0.15) is 0 Å². The molecule has 0 saturated carbocycles. The summed E-state index contributed by atoms with van der Waals surface area (Å²) in [4.78, 5) is 18.5. The van der Waals surface area contributed by atoms with Crippen molar-refractivity contribution in [3.8, 4) is 28.7 Å². The summed E-state index contributed by atoms with van der Waals surface area (Å²) in [5, 5.41) is 4.09. The van der Waals surface area contributed by atoms with Gasteiger partial charge in [0, 0.05) is 18.1 Å². The summed E-state index contributed by atoms with van der Waals surface area (Å²) in [6.45, 7) is 4.04. The van der Waals surface area contributed by atoms with Gasteiger partial charge in [-0.1, -0.05) is 17.8 Å². The molecule has 1 aliphatic carbocycles. The van der Waals surface area contributed by atoms with Crippen LogP contribution in [0.15, 0.2) is 42.1 Å². The molecule has 0 aromatic heterocycles. The molecule has 4 rings (SSSR count). The predicted octanol–water partition coefficient (Wildman–Crippen LogP) is 3.72. The number of methoxy groups -OCH3 is 4. The lowest BCUT2D eigenvalue weighted by Gasteiger charge is -2.37. The van der Waals surface area contributed by atoms with Gasteiger partial charge in [0.15, 0.2) is 23.0 Å². The average molecular weight is 484 g/mol. The van der Waals surface area contributed by atoms with Crippen LogP contribution in [-0.4, -0.2) is 54.0 Å². The SMILES string of the molecule is C=CCON=C[C@@H]1Cc2cc3c(cc2[C@@H](c2cc(OC)c(OC)c(OC)c2)[C@@H]1C(=O)OC)OCO3. The van der Waals surface area contributed by atoms with Crippen molar-refractivity contribution in [1.29, 1.82) is 0 Å². The number of hydrogen-bond donors (Lipinski definition) is 0. The van der Waals surface area contributed by atoms with Crippen LogP contribution >= 0.6 is 0 Å². The Kier molecular flexibility index (Phi) is 7.33. The number of carbonyl (C=O) groups excluding carboxylic acids is 1. The molecular formula is C26H29NO8. The Bertz CT molecular complexity index is 1100. The molecule has 0 bridgehead atoms. The van der Waals surface area contributed by atoms with Crippen LogP contribution in [0.3, 0.4) is 0 Å². The number of fused-ring (bicyclic) bond motifs is 2. The van der Waals surface area contributed by atoms with Crippen LogP contribution in [0.2, 0.25) is 0 Å². The number of oxime groups is 1. The topological polar surface area (TPSA) is 94.0 Å². The molecule has 1 aliphatic heterocycles. The van der Waals surface area contributed by atoms with E-state index < -0.39 is 11.8 Å². The molecule has 0 radical (unpaired) electrons. The van der Waals surface area contributed by atoms with Crippen LogP contribution in [0.1, 0.15) is 22.6 Å². The summed E-state index contributed by atoms with van der Waals surface area (Å²) in [6, 6.07) is 7.60. The van der Waals surface area contributed by atoms with Gasteiger partial charge in [-0.3, -0.25) is 4.79 Å². The van der Waals surface area contributed by atoms with E-state index in [1.807, 2.05) is 24.3 Å². The molecule has 0 amide bonds. The maximum atomic E-state index is 13.2. The zero-order chi connectivity index (χ0) is 24.9. The van der Waals surface area contributed by atoms with Gasteiger partial charge in [0.25, 0.3) is 0 Å². The van der Waals surface area contributed by atoms with E-state index in [1.165, 1.54) is 7.11 Å². The Morgan fingerprint density at radius 3 is 2.34 bits per heavy atom. The van der Waals surface area contributed by atoms with Gasteiger partial charge in [0.1, 0.15) is 6.61 Å². The van der Waals surface area contributed by atoms with E-state index in [1.54, 1.807) is 33.6 Å². The van der Waals surface area contributed by atoms with Gasteiger partial charge >= 0.3 is 5.97 Å². The first-order valence-corrected chi connectivity index (χ1v) is 11.1. The monoisotopic (exact) mass is 483 g/mol. The number of rotatable bonds is 9. The highest BCUT2D eigenvalue weighted by atomic mass is 16.7. The third-order valence-corrected chi connectivity index (χ3v) is 6.28. The molecule has 0 spiro atoms. The van der Waals surface area contributed by atoms with Crippen molar-refractivity contribution in [3.05, 3.63) is 53.6 Å². The highest BCUT2D eigenvalue weighted by Crippen LogP contribution is 2.50. The van der Waals surface area contributed by atoms with Crippen LogP contribution in [0.25, 0.3) is 0 Å². The predicted molar refractivity (Wildman–Crippen MR) is 128 cm³/mol. The first-order chi connectivity index (χ1) is 17.1. The number of esters is 1. The van der Waals surface area contributed by atoms with Crippen molar-refractivity contribution >= 4 is 12.2 Å². The fraction of sp³-hybridized carbons (Fsp3) is 0.385. The molecule has 1 heterocycles. The van der Waals surface area contributed by atoms with E-state index in [0.717, 1.165) is 16.7 Å². The molecular weight excluding hydrogens is 454 g/mol. The average Bonchev–Trinajstić information content (AvgIpc) is 3.35. The third-order valence-electron chi connectivity index (χ3n) is 6.28. The maximum absolute atomic E-state index is 13.2. The number of benzene rings is 2. The summed E-state index contributed by atoms with van der Waals surface area (Å²) >= 11 is 0. The zero-order valence-corrected chi connectivity index (χ0v) is 20.2. The van der Waals surface area contributed by atoms with Crippen molar-refractivity contribution in [1.82, 2.24) is 0 Å². The van der Waals surface area contributed by atoms with Gasteiger partial charge in [-0.15, -0.1) is 0 Å². The molecule has 0 unspecified atom stereocenters. The van der Waals surface area contributed by atoms with Crippen LogP contribution in [0.5, 0.6) is 28.7 Å². The number of carbonyl (C=O) groups is 1. The Morgan fingerprint density at radius 1 is 1.06 bits per heavy atom. The fourth-order valence-electron chi connectivity index (χ4n) is 4.76. The highest BCUT2D eigenvalue weighted by molar-refractivity contribution is 5.81. The Hall–Kier alpha value is -3.88. The smallest absolute Gasteiger partial charge is 0.310 e. The molecule has 0 N–H and O–H groups in total. The van der Waals surface area contributed by atoms with E-state index in [9.17, 15) is 4.79 Å². The molecule has 0 saturated heterocycles. The molecule has 2 aliphatic rings. The Balaban J connectivity index is 1.92. The van der Waals surface area contributed by atoms with Crippen LogP contribution in [0.4, 0.5) is 0 Å². The lowest BCUT2D eigenvalue weighted by atomic mass is 9.66. The Morgan fingerprint density at radius 2 is 1.74 bits per heavy atom. The van der Waals surface area contributed by atoms with Gasteiger partial charge in [0.2, 0.25) is 12.5 Å². The first-order valence-electron chi connectivity index (χ1n) is 11.1. The molecule has 186 valence electrons. The van der Waals surface area contributed by atoms with Crippen LogP contribution in [-0.2, 0) is 20.8 Å². The van der Waals surface area contributed by atoms with Crippen molar-refractivity contribution in [2.24, 2.45) is 17.0 Å². The molecule has 9 heteroatoms. The molecule has 35 heavy (non-hydrogen) atoms. The highest BCUT2D eigenvalue weighted by Gasteiger charge is 2.44. The normalized spacial score (nSPS) is 20.2. The standard InChI is InChI=1S/C26H29NO8/c1-6-7-35-27-13-17-8-15-9-19-20(34-14-33-19)12-18(15)23(24(17)26(28)32-5)16-10-21(29-2)25(31-4)22(11-16)30-3/h6,9-13,17,23-24H,1,7-8,14H2,2-5H3/t17-,23+,24+/m0/s1. The van der Waals surface area contributed by atoms with E-state index in [0.29, 0.717) is 35.2 Å². The molecule has 3 atom stereocenters. The van der Waals surface area contributed by atoms with Crippen molar-refractivity contribution in [2.75, 3.05) is 41.8 Å². The summed E-state index contributed by atoms with van der Waals surface area (Å²) in [7, 11) is 6.03. The summed E-state index contributed by atoms with van der Waals surface area (Å²) in [5.41, 5.74) is 2.73. The number of nitrogens with zero attached hydrogens (tertiary/aromatic N) is 1. The minimum Gasteiger partial charge on any atom is -0.493 e. The van der Waals surface area contributed by atoms with Crippen LogP contribution in [0, 0.1) is 11.8 Å². The molecule has 2 aromatic carbocycles. The van der Waals surface area contributed by atoms with E-state index >= 15 is 0 Å². The van der Waals surface area contributed by atoms with E-state index in [4.69, 9.17) is 33.3 Å². The second kappa shape index (κ2) is 10.6. The van der Waals surface area contributed by atoms with Crippen molar-refractivity contribution < 1.29 is 38.1 Å². The molecule has 2 aromatic rings. The lowest BCUT2D eigenvalue weighted by molar-refractivity contribution is -0.147. The summed E-state index contributed by atoms with van der Waals surface area (Å²) in [5.74, 6) is 1.02. The number of hydrogen-bond acceptors (Lipinski definition) is 9. The molecule has 9 nitrogen and oxygen atoms in total. The van der Waals surface area contributed by atoms with Gasteiger partial charge < -0.3 is 33.3 Å². The lowest BCUT2D eigenvalue weighted by Crippen LogP contribution is -2.37. The zero-order valence-electron chi connectivity index (χ0n) is 20.2. The van der Waals surface area contributed by atoms with Crippen molar-refractivity contribution in [3.63, 3.8) is 0 Å². The minimum absolute atomic E-state index is 0.147. The largest absolute Gasteiger partial charge is 0.493 e. The second-order valence-electron chi connectivity index (χ2n) is 8.10. The third kappa shape index (κ3) is 4.58. The molecule has 0 fully saturated rings. The second-order valence-corrected chi connectivity index (χ2v) is 8.10. The van der Waals surface area contributed by atoms with Gasteiger partial charge in [-0.05, 0) is 47.4 Å². The minimum atomic E-state index is -0.605. The maximum Gasteiger partial charge on any atom is 0.310 e. The number of ether oxygens (including phenoxy) is 6. The quantitative estimate of drug-likeness (QED) is 0.175. The van der Waals surface area contributed by atoms with E-state index in [-0.39, 0.29) is 25.3 Å². The summed E-state index contributed by atoms with van der Waals surface area (Å²) < 4.78 is 33.2. The van der Waals surface area contributed by atoms with E-state index in [2.05, 4.69) is 11.7 Å².